The second kappa shape index (κ2) is 6.89. The third kappa shape index (κ3) is 3.57. The number of aryl methyl sites for hydroxylation is 2. The van der Waals surface area contributed by atoms with Gasteiger partial charge in [-0.25, -0.2) is 8.78 Å². The van der Waals surface area contributed by atoms with Gasteiger partial charge in [-0.1, -0.05) is 0 Å². The first-order valence-electron chi connectivity index (χ1n) is 7.59. The van der Waals surface area contributed by atoms with Crippen molar-refractivity contribution in [3.63, 3.8) is 0 Å². The maximum Gasteiger partial charge on any atom is 0.227 e. The van der Waals surface area contributed by atoms with Crippen LogP contribution in [0.4, 0.5) is 14.5 Å². The summed E-state index contributed by atoms with van der Waals surface area (Å²) in [6, 6.07) is 3.51. The molecule has 1 aromatic carbocycles. The van der Waals surface area contributed by atoms with Gasteiger partial charge in [-0.15, -0.1) is 0 Å². The van der Waals surface area contributed by atoms with Crippen LogP contribution in [0.15, 0.2) is 18.2 Å². The second-order valence-electron chi connectivity index (χ2n) is 5.51. The molecule has 0 saturated carbocycles. The molecule has 0 atom stereocenters. The highest BCUT2D eigenvalue weighted by Crippen LogP contribution is 2.20. The average Bonchev–Trinajstić information content (AvgIpc) is 2.74. The third-order valence-electron chi connectivity index (χ3n) is 4.08. The molecule has 1 amide bonds. The Hall–Kier alpha value is -2.24. The quantitative estimate of drug-likeness (QED) is 0.847. The summed E-state index contributed by atoms with van der Waals surface area (Å²) in [6.07, 6.45) is 0.866. The summed E-state index contributed by atoms with van der Waals surface area (Å²) >= 11 is 0. The summed E-state index contributed by atoms with van der Waals surface area (Å²) in [4.78, 5) is 13.9. The number of hydrogen-bond donors (Lipinski definition) is 0. The van der Waals surface area contributed by atoms with Crippen molar-refractivity contribution < 1.29 is 13.6 Å². The van der Waals surface area contributed by atoms with Gasteiger partial charge in [-0.3, -0.25) is 9.48 Å². The molecule has 0 N–H and O–H groups in total. The van der Waals surface area contributed by atoms with Crippen molar-refractivity contribution in [2.45, 2.75) is 33.6 Å². The summed E-state index contributed by atoms with van der Waals surface area (Å²) < 4.78 is 28.2. The summed E-state index contributed by atoms with van der Waals surface area (Å²) in [7, 11) is 1.87. The van der Waals surface area contributed by atoms with Crippen molar-refractivity contribution in [1.82, 2.24) is 9.78 Å². The topological polar surface area (TPSA) is 38.1 Å². The first kappa shape index (κ1) is 17.1. The monoisotopic (exact) mass is 321 g/mol. The lowest BCUT2D eigenvalue weighted by Crippen LogP contribution is -2.31. The molecular weight excluding hydrogens is 300 g/mol. The number of halogens is 2. The van der Waals surface area contributed by atoms with Gasteiger partial charge in [0, 0.05) is 37.5 Å². The maximum atomic E-state index is 13.4. The van der Waals surface area contributed by atoms with E-state index < -0.39 is 11.6 Å². The van der Waals surface area contributed by atoms with Crippen molar-refractivity contribution in [2.75, 3.05) is 11.4 Å². The number of hydrogen-bond acceptors (Lipinski definition) is 2. The Morgan fingerprint density at radius 3 is 2.48 bits per heavy atom. The zero-order valence-electron chi connectivity index (χ0n) is 13.9. The summed E-state index contributed by atoms with van der Waals surface area (Å²) in [6.45, 7) is 6.08. The van der Waals surface area contributed by atoms with Crippen molar-refractivity contribution in [3.05, 3.63) is 46.8 Å². The van der Waals surface area contributed by atoms with E-state index in [9.17, 15) is 13.6 Å². The Labute approximate surface area is 134 Å². The van der Waals surface area contributed by atoms with Crippen LogP contribution in [0.3, 0.4) is 0 Å². The van der Waals surface area contributed by atoms with Crippen LogP contribution < -0.4 is 4.90 Å². The molecule has 124 valence electrons. The zero-order chi connectivity index (χ0) is 17.1. The van der Waals surface area contributed by atoms with Gasteiger partial charge in [0.2, 0.25) is 5.91 Å². The van der Waals surface area contributed by atoms with Crippen LogP contribution >= 0.6 is 0 Å². The lowest BCUT2D eigenvalue weighted by atomic mass is 10.1. The van der Waals surface area contributed by atoms with E-state index in [0.29, 0.717) is 25.1 Å². The molecule has 23 heavy (non-hydrogen) atoms. The van der Waals surface area contributed by atoms with E-state index in [1.54, 1.807) is 11.6 Å². The number of carbonyl (C=O) groups excluding carboxylic acids is 1. The smallest absolute Gasteiger partial charge is 0.227 e. The van der Waals surface area contributed by atoms with Crippen LogP contribution in [0.1, 0.15) is 30.3 Å². The van der Waals surface area contributed by atoms with Gasteiger partial charge in [0.15, 0.2) is 11.6 Å². The van der Waals surface area contributed by atoms with Crippen LogP contribution in [-0.4, -0.2) is 22.2 Å². The van der Waals surface area contributed by atoms with Gasteiger partial charge < -0.3 is 4.90 Å². The number of benzene rings is 1. The molecule has 0 saturated heterocycles. The van der Waals surface area contributed by atoms with E-state index in [1.807, 2.05) is 20.9 Å². The van der Waals surface area contributed by atoms with Crippen molar-refractivity contribution in [3.8, 4) is 0 Å². The number of amides is 1. The number of anilines is 1. The number of nitrogens with zero attached hydrogens (tertiary/aromatic N) is 3. The molecule has 0 aliphatic heterocycles. The Kier molecular flexibility index (Phi) is 5.13. The minimum absolute atomic E-state index is 0.124. The lowest BCUT2D eigenvalue weighted by Gasteiger charge is -2.21. The fraction of sp³-hybridized carbons (Fsp3) is 0.412. The molecule has 0 aliphatic carbocycles. The highest BCUT2D eigenvalue weighted by atomic mass is 19.2. The Bertz CT molecular complexity index is 725. The predicted octanol–water partition coefficient (Wildman–Crippen LogP) is 3.30. The molecule has 0 aliphatic rings. The SMILES string of the molecule is CCN(C(=O)CCc1c(C)nn(C)c1C)c1ccc(F)c(F)c1. The molecule has 0 spiro atoms. The first-order chi connectivity index (χ1) is 10.8. The first-order valence-corrected chi connectivity index (χ1v) is 7.59. The molecule has 0 unspecified atom stereocenters. The molecule has 4 nitrogen and oxygen atoms in total. The van der Waals surface area contributed by atoms with E-state index in [2.05, 4.69) is 5.10 Å². The largest absolute Gasteiger partial charge is 0.313 e. The second-order valence-corrected chi connectivity index (χ2v) is 5.51. The normalized spacial score (nSPS) is 10.9. The molecule has 0 fully saturated rings. The molecule has 2 aromatic rings. The van der Waals surface area contributed by atoms with E-state index in [-0.39, 0.29) is 5.91 Å². The molecule has 0 bridgehead atoms. The molecule has 6 heteroatoms. The van der Waals surface area contributed by atoms with Crippen LogP contribution in [-0.2, 0) is 18.3 Å². The van der Waals surface area contributed by atoms with Gasteiger partial charge in [0.25, 0.3) is 0 Å². The van der Waals surface area contributed by atoms with Crippen molar-refractivity contribution in [1.29, 1.82) is 0 Å². The van der Waals surface area contributed by atoms with Gasteiger partial charge in [-0.2, -0.15) is 5.10 Å². The Morgan fingerprint density at radius 1 is 1.26 bits per heavy atom. The van der Waals surface area contributed by atoms with Crippen molar-refractivity contribution >= 4 is 11.6 Å². The fourth-order valence-corrected chi connectivity index (χ4v) is 2.70. The molecular formula is C17H21F2N3O. The van der Waals surface area contributed by atoms with Crippen LogP contribution in [0.25, 0.3) is 0 Å². The molecule has 2 rings (SSSR count). The van der Waals surface area contributed by atoms with E-state index in [4.69, 9.17) is 0 Å². The van der Waals surface area contributed by atoms with Gasteiger partial charge >= 0.3 is 0 Å². The number of rotatable bonds is 5. The van der Waals surface area contributed by atoms with Gasteiger partial charge in [0.1, 0.15) is 0 Å². The Balaban J connectivity index is 2.12. The third-order valence-corrected chi connectivity index (χ3v) is 4.08. The van der Waals surface area contributed by atoms with Gasteiger partial charge in [-0.05, 0) is 44.9 Å². The predicted molar refractivity (Wildman–Crippen MR) is 85.4 cm³/mol. The van der Waals surface area contributed by atoms with Crippen molar-refractivity contribution in [2.24, 2.45) is 7.05 Å². The lowest BCUT2D eigenvalue weighted by molar-refractivity contribution is -0.118. The highest BCUT2D eigenvalue weighted by Gasteiger charge is 2.17. The number of aromatic nitrogens is 2. The molecule has 0 radical (unpaired) electrons. The Morgan fingerprint density at radius 2 is 1.96 bits per heavy atom. The zero-order valence-corrected chi connectivity index (χ0v) is 13.9. The fourth-order valence-electron chi connectivity index (χ4n) is 2.70. The van der Waals surface area contributed by atoms with Crippen LogP contribution in [0, 0.1) is 25.5 Å². The number of carbonyl (C=O) groups is 1. The minimum atomic E-state index is -0.951. The minimum Gasteiger partial charge on any atom is -0.313 e. The highest BCUT2D eigenvalue weighted by molar-refractivity contribution is 5.93. The summed E-state index contributed by atoms with van der Waals surface area (Å²) in [5.74, 6) is -1.99. The molecule has 1 heterocycles. The van der Waals surface area contributed by atoms with Crippen LogP contribution in [0.2, 0.25) is 0 Å². The maximum absolute atomic E-state index is 13.4. The standard InChI is InChI=1S/C17H21F2N3O/c1-5-22(13-6-8-15(18)16(19)10-13)17(23)9-7-14-11(2)20-21(4)12(14)3/h6,8,10H,5,7,9H2,1-4H3. The summed E-state index contributed by atoms with van der Waals surface area (Å²) in [5.41, 5.74) is 3.37. The van der Waals surface area contributed by atoms with E-state index in [0.717, 1.165) is 29.1 Å². The average molecular weight is 321 g/mol. The summed E-state index contributed by atoms with van der Waals surface area (Å²) in [5, 5.41) is 4.33. The van der Waals surface area contributed by atoms with Gasteiger partial charge in [0.05, 0.1) is 5.69 Å². The van der Waals surface area contributed by atoms with E-state index in [1.165, 1.54) is 11.0 Å². The van der Waals surface area contributed by atoms with Crippen LogP contribution in [0.5, 0.6) is 0 Å². The molecule has 1 aromatic heterocycles. The van der Waals surface area contributed by atoms with E-state index >= 15 is 0 Å².